The number of rotatable bonds is 5. The first-order valence-electron chi connectivity index (χ1n) is 8.36. The number of halogens is 4. The second-order valence-electron chi connectivity index (χ2n) is 6.41. The Labute approximate surface area is 158 Å². The summed E-state index contributed by atoms with van der Waals surface area (Å²) in [5.74, 6) is -0.913. The van der Waals surface area contributed by atoms with E-state index < -0.39 is 28.9 Å². The second kappa shape index (κ2) is 7.41. The van der Waals surface area contributed by atoms with Crippen LogP contribution in [0.4, 0.5) is 23.2 Å². The summed E-state index contributed by atoms with van der Waals surface area (Å²) in [6, 6.07) is 6.96. The fourth-order valence-electron chi connectivity index (χ4n) is 2.79. The third kappa shape index (κ3) is 4.19. The van der Waals surface area contributed by atoms with Crippen molar-refractivity contribution >= 4 is 17.4 Å². The number of carbonyl (C=O) groups is 1. The number of anilines is 1. The zero-order valence-electron chi connectivity index (χ0n) is 14.6. The van der Waals surface area contributed by atoms with Crippen molar-refractivity contribution in [2.75, 3.05) is 5.32 Å². The van der Waals surface area contributed by atoms with Gasteiger partial charge in [-0.15, -0.1) is 0 Å². The standard InChI is InChI=1S/C19H16F4N4O/c20-15-4-2-1-3-14(15)18(6-7-18)17(28)27-16(24)5-8-26-13-9-12(10-25-11-13)19(21,22)23/h1-5,8-11,26H,6-7H2,(H2,24,27,28)/p+1/b8-5-. The Kier molecular flexibility index (Phi) is 5.17. The molecule has 0 radical (unpaired) electrons. The van der Waals surface area contributed by atoms with Crippen LogP contribution in [0.2, 0.25) is 0 Å². The SMILES string of the molecule is [NH2+]=C(/C=C\Nc1cncc(C(F)(F)F)c1)NC(=O)C1(c2ccccc2F)CC1. The minimum absolute atomic E-state index is 0.0277. The number of amidine groups is 1. The molecule has 5 nitrogen and oxygen atoms in total. The van der Waals surface area contributed by atoms with E-state index in [9.17, 15) is 22.4 Å². The maximum absolute atomic E-state index is 14.0. The number of carbonyl (C=O) groups excluding carboxylic acids is 1. The molecule has 2 aromatic rings. The number of nitrogens with one attached hydrogen (secondary N) is 2. The molecule has 4 N–H and O–H groups in total. The maximum atomic E-state index is 14.0. The normalized spacial score (nSPS) is 15.3. The summed E-state index contributed by atoms with van der Waals surface area (Å²) in [4.78, 5) is 16.0. The van der Waals surface area contributed by atoms with Crippen LogP contribution in [0, 0.1) is 5.82 Å². The van der Waals surface area contributed by atoms with Crippen LogP contribution in [0.15, 0.2) is 55.0 Å². The number of hydrogen-bond donors (Lipinski definition) is 3. The molecule has 0 saturated heterocycles. The van der Waals surface area contributed by atoms with Gasteiger partial charge in [-0.2, -0.15) is 13.2 Å². The molecule has 1 saturated carbocycles. The van der Waals surface area contributed by atoms with Crippen molar-refractivity contribution in [3.63, 3.8) is 0 Å². The lowest BCUT2D eigenvalue weighted by molar-refractivity contribution is -0.137. The van der Waals surface area contributed by atoms with Crippen molar-refractivity contribution in [3.8, 4) is 0 Å². The van der Waals surface area contributed by atoms with Crippen LogP contribution in [0.3, 0.4) is 0 Å². The van der Waals surface area contributed by atoms with Gasteiger partial charge in [-0.05, 0) is 25.0 Å². The first kappa shape index (κ1) is 19.5. The number of nitrogens with zero attached hydrogens (tertiary/aromatic N) is 1. The Hall–Kier alpha value is -3.23. The van der Waals surface area contributed by atoms with Crippen molar-refractivity contribution in [3.05, 3.63) is 71.9 Å². The Morgan fingerprint density at radius 3 is 2.57 bits per heavy atom. The van der Waals surface area contributed by atoms with E-state index in [0.29, 0.717) is 24.6 Å². The van der Waals surface area contributed by atoms with Gasteiger partial charge in [-0.3, -0.25) is 10.4 Å². The predicted octanol–water partition coefficient (Wildman–Crippen LogP) is 2.17. The quantitative estimate of drug-likeness (QED) is 0.414. The van der Waals surface area contributed by atoms with Crippen LogP contribution in [0.5, 0.6) is 0 Å². The number of alkyl halides is 3. The molecule has 0 atom stereocenters. The number of aromatic nitrogens is 1. The first-order valence-corrected chi connectivity index (χ1v) is 8.36. The van der Waals surface area contributed by atoms with Gasteiger partial charge in [0.05, 0.1) is 22.9 Å². The van der Waals surface area contributed by atoms with Crippen LogP contribution in [-0.4, -0.2) is 16.7 Å². The molecule has 1 aromatic carbocycles. The Balaban J connectivity index is 1.60. The molecule has 1 heterocycles. The van der Waals surface area contributed by atoms with Crippen molar-refractivity contribution in [1.82, 2.24) is 10.3 Å². The van der Waals surface area contributed by atoms with Crippen molar-refractivity contribution < 1.29 is 27.8 Å². The van der Waals surface area contributed by atoms with Gasteiger partial charge in [0.15, 0.2) is 0 Å². The van der Waals surface area contributed by atoms with Gasteiger partial charge in [0.25, 0.3) is 5.84 Å². The van der Waals surface area contributed by atoms with Crippen molar-refractivity contribution in [1.29, 1.82) is 0 Å². The smallest absolute Gasteiger partial charge is 0.360 e. The second-order valence-corrected chi connectivity index (χ2v) is 6.41. The Morgan fingerprint density at radius 2 is 1.93 bits per heavy atom. The third-order valence-electron chi connectivity index (χ3n) is 4.41. The lowest BCUT2D eigenvalue weighted by atomic mass is 9.94. The average molecular weight is 393 g/mol. The van der Waals surface area contributed by atoms with Crippen LogP contribution in [0.1, 0.15) is 24.0 Å². The van der Waals surface area contributed by atoms with E-state index in [1.54, 1.807) is 18.2 Å². The summed E-state index contributed by atoms with van der Waals surface area (Å²) >= 11 is 0. The van der Waals surface area contributed by atoms with E-state index in [2.05, 4.69) is 15.6 Å². The van der Waals surface area contributed by atoms with E-state index in [4.69, 9.17) is 5.41 Å². The van der Waals surface area contributed by atoms with Crippen LogP contribution in [0.25, 0.3) is 0 Å². The van der Waals surface area contributed by atoms with E-state index in [1.165, 1.54) is 24.5 Å². The van der Waals surface area contributed by atoms with E-state index in [-0.39, 0.29) is 11.5 Å². The van der Waals surface area contributed by atoms with Gasteiger partial charge in [0.1, 0.15) is 5.82 Å². The van der Waals surface area contributed by atoms with Crippen LogP contribution in [-0.2, 0) is 16.4 Å². The van der Waals surface area contributed by atoms with Crippen LogP contribution < -0.4 is 16.0 Å². The van der Waals surface area contributed by atoms with Gasteiger partial charge in [0, 0.05) is 24.0 Å². The van der Waals surface area contributed by atoms with E-state index in [1.807, 2.05) is 0 Å². The summed E-state index contributed by atoms with van der Waals surface area (Å²) in [7, 11) is 0. The molecule has 0 spiro atoms. The zero-order chi connectivity index (χ0) is 20.4. The molecule has 1 aromatic heterocycles. The highest BCUT2D eigenvalue weighted by Crippen LogP contribution is 2.49. The largest absolute Gasteiger partial charge is 0.417 e. The summed E-state index contributed by atoms with van der Waals surface area (Å²) in [5.41, 5.74) is -1.41. The lowest BCUT2D eigenvalue weighted by Gasteiger charge is -2.12. The molecule has 9 heteroatoms. The van der Waals surface area contributed by atoms with Gasteiger partial charge >= 0.3 is 12.1 Å². The number of nitrogens with two attached hydrogens (primary N) is 1. The molecule has 3 rings (SSSR count). The summed E-state index contributed by atoms with van der Waals surface area (Å²) < 4.78 is 52.0. The topological polar surface area (TPSA) is 79.6 Å². The van der Waals surface area contributed by atoms with Gasteiger partial charge in [0.2, 0.25) is 0 Å². The van der Waals surface area contributed by atoms with Gasteiger partial charge < -0.3 is 5.32 Å². The number of benzene rings is 1. The van der Waals surface area contributed by atoms with Gasteiger partial charge in [-0.1, -0.05) is 18.2 Å². The summed E-state index contributed by atoms with van der Waals surface area (Å²) in [6.45, 7) is 0. The minimum atomic E-state index is -4.50. The predicted molar refractivity (Wildman–Crippen MR) is 94.4 cm³/mol. The third-order valence-corrected chi connectivity index (χ3v) is 4.41. The van der Waals surface area contributed by atoms with Crippen molar-refractivity contribution in [2.45, 2.75) is 24.4 Å². The van der Waals surface area contributed by atoms with Crippen molar-refractivity contribution in [2.24, 2.45) is 0 Å². The summed E-state index contributed by atoms with van der Waals surface area (Å²) in [5, 5.41) is 10.8. The minimum Gasteiger partial charge on any atom is -0.360 e. The highest BCUT2D eigenvalue weighted by Gasteiger charge is 2.55. The molecular formula is C19H17F4N4O+. The van der Waals surface area contributed by atoms with Crippen LogP contribution >= 0.6 is 0 Å². The highest BCUT2D eigenvalue weighted by molar-refractivity contribution is 6.06. The number of pyridine rings is 1. The molecule has 1 aliphatic rings. The zero-order valence-corrected chi connectivity index (χ0v) is 14.6. The average Bonchev–Trinajstić information content (AvgIpc) is 3.43. The van der Waals surface area contributed by atoms with Gasteiger partial charge in [-0.25, -0.2) is 14.5 Å². The fourth-order valence-corrected chi connectivity index (χ4v) is 2.79. The molecule has 0 aliphatic heterocycles. The molecule has 0 bridgehead atoms. The molecular weight excluding hydrogens is 376 g/mol. The van der Waals surface area contributed by atoms with E-state index in [0.717, 1.165) is 6.07 Å². The molecule has 146 valence electrons. The molecule has 0 unspecified atom stereocenters. The molecule has 28 heavy (non-hydrogen) atoms. The fraction of sp³-hybridized carbons (Fsp3) is 0.211. The molecule has 1 fully saturated rings. The Morgan fingerprint density at radius 1 is 1.21 bits per heavy atom. The van der Waals surface area contributed by atoms with E-state index >= 15 is 0 Å². The first-order chi connectivity index (χ1) is 13.2. The molecule has 1 amide bonds. The number of hydrogen-bond acceptors (Lipinski definition) is 3. The highest BCUT2D eigenvalue weighted by atomic mass is 19.4. The monoisotopic (exact) mass is 393 g/mol. The number of amides is 1. The molecule has 1 aliphatic carbocycles. The lowest BCUT2D eigenvalue weighted by Crippen LogP contribution is -2.52. The Bertz CT molecular complexity index is 936. The maximum Gasteiger partial charge on any atom is 0.417 e. The summed E-state index contributed by atoms with van der Waals surface area (Å²) in [6.07, 6.45) is 0.999.